The molecule has 0 radical (unpaired) electrons. The maximum atomic E-state index is 8.08. The SMILES string of the molecule is [N-]=[N+]=NC#CCCCCCCCCCCN=[N+]=[N-]. The third-order valence-corrected chi connectivity index (χ3v) is 2.55. The van der Waals surface area contributed by atoms with Gasteiger partial charge in [0.05, 0.1) is 0 Å². The molecule has 0 aliphatic rings. The number of hydrogen-bond donors (Lipinski definition) is 0. The van der Waals surface area contributed by atoms with E-state index >= 15 is 0 Å². The zero-order valence-corrected chi connectivity index (χ0v) is 10.8. The molecule has 0 saturated heterocycles. The second-order valence-electron chi connectivity index (χ2n) is 4.01. The second kappa shape index (κ2) is 15.2. The summed E-state index contributed by atoms with van der Waals surface area (Å²) in [5.74, 6) is 2.81. The van der Waals surface area contributed by atoms with Gasteiger partial charge in [0.25, 0.3) is 0 Å². The van der Waals surface area contributed by atoms with Crippen LogP contribution in [0.3, 0.4) is 0 Å². The van der Waals surface area contributed by atoms with E-state index in [0.717, 1.165) is 25.7 Å². The first-order chi connectivity index (χ1) is 8.91. The Morgan fingerprint density at radius 3 is 2.00 bits per heavy atom. The number of rotatable bonds is 10. The molecule has 0 bridgehead atoms. The molecule has 0 N–H and O–H groups in total. The normalized spacial score (nSPS) is 8.67. The molecule has 6 heteroatoms. The first-order valence-electron chi connectivity index (χ1n) is 6.44. The predicted octanol–water partition coefficient (Wildman–Crippen LogP) is 5.08. The fourth-order valence-electron chi connectivity index (χ4n) is 1.61. The molecule has 18 heavy (non-hydrogen) atoms. The van der Waals surface area contributed by atoms with E-state index in [2.05, 4.69) is 32.0 Å². The topological polar surface area (TPSA) is 97.5 Å². The van der Waals surface area contributed by atoms with Crippen molar-refractivity contribution < 1.29 is 0 Å². The molecule has 0 aliphatic heterocycles. The molecule has 0 aromatic rings. The molecule has 0 aromatic carbocycles. The Bertz CT molecular complexity index is 341. The summed E-state index contributed by atoms with van der Waals surface area (Å²) in [5, 5.41) is 6.65. The van der Waals surface area contributed by atoms with Gasteiger partial charge in [-0.3, -0.25) is 0 Å². The first kappa shape index (κ1) is 16.2. The molecular formula is C12H20N6. The molecule has 0 amide bonds. The summed E-state index contributed by atoms with van der Waals surface area (Å²) < 4.78 is 0. The first-order valence-corrected chi connectivity index (χ1v) is 6.44. The lowest BCUT2D eigenvalue weighted by Crippen LogP contribution is -1.83. The Hall–Kier alpha value is -1.82. The van der Waals surface area contributed by atoms with Gasteiger partial charge < -0.3 is 0 Å². The summed E-state index contributed by atoms with van der Waals surface area (Å²) in [4.78, 5) is 5.27. The fourth-order valence-corrected chi connectivity index (χ4v) is 1.61. The van der Waals surface area contributed by atoms with E-state index in [-0.39, 0.29) is 0 Å². The molecule has 0 aromatic heterocycles. The third kappa shape index (κ3) is 14.2. The van der Waals surface area contributed by atoms with Gasteiger partial charge in [-0.15, -0.1) is 0 Å². The van der Waals surface area contributed by atoms with Crippen LogP contribution in [-0.2, 0) is 0 Å². The van der Waals surface area contributed by atoms with Crippen LogP contribution in [0.5, 0.6) is 0 Å². The second-order valence-corrected chi connectivity index (χ2v) is 4.01. The van der Waals surface area contributed by atoms with Crippen LogP contribution in [0.15, 0.2) is 10.2 Å². The Labute approximate surface area is 108 Å². The van der Waals surface area contributed by atoms with Gasteiger partial charge in [0.15, 0.2) is 0 Å². The molecule has 0 atom stereocenters. The van der Waals surface area contributed by atoms with Crippen LogP contribution >= 0.6 is 0 Å². The lowest BCUT2D eigenvalue weighted by atomic mass is 10.1. The predicted molar refractivity (Wildman–Crippen MR) is 72.5 cm³/mol. The Morgan fingerprint density at radius 1 is 0.778 bits per heavy atom. The van der Waals surface area contributed by atoms with E-state index in [1.165, 1.54) is 32.1 Å². The van der Waals surface area contributed by atoms with E-state index in [0.29, 0.717) is 6.54 Å². The van der Waals surface area contributed by atoms with Crippen molar-refractivity contribution in [3.63, 3.8) is 0 Å². The lowest BCUT2D eigenvalue weighted by molar-refractivity contribution is 0.573. The summed E-state index contributed by atoms with van der Waals surface area (Å²) in [6.45, 7) is 0.625. The van der Waals surface area contributed by atoms with E-state index in [9.17, 15) is 0 Å². The van der Waals surface area contributed by atoms with Crippen molar-refractivity contribution in [2.24, 2.45) is 10.2 Å². The summed E-state index contributed by atoms with van der Waals surface area (Å²) in [6, 6.07) is 2.39. The molecule has 0 unspecified atom stereocenters. The standard InChI is InChI=1S/C12H20N6/c13-17-15-11-9-7-5-3-1-2-4-6-8-10-12-16-18-14/h1-9,11H2. The minimum Gasteiger partial charge on any atom is -0.0954 e. The minimum absolute atomic E-state index is 0.625. The highest BCUT2D eigenvalue weighted by Crippen LogP contribution is 2.09. The smallest absolute Gasteiger partial charge is 0.0257 e. The van der Waals surface area contributed by atoms with Crippen molar-refractivity contribution in [3.05, 3.63) is 20.9 Å². The van der Waals surface area contributed by atoms with Gasteiger partial charge >= 0.3 is 0 Å². The molecule has 0 spiro atoms. The third-order valence-electron chi connectivity index (χ3n) is 2.55. The van der Waals surface area contributed by atoms with E-state index in [1.807, 2.05) is 0 Å². The van der Waals surface area contributed by atoms with Crippen LogP contribution in [-0.4, -0.2) is 6.54 Å². The molecule has 98 valence electrons. The molecule has 0 rings (SSSR count). The van der Waals surface area contributed by atoms with Crippen molar-refractivity contribution in [3.8, 4) is 12.0 Å². The van der Waals surface area contributed by atoms with Crippen LogP contribution in [0, 0.1) is 12.0 Å². The summed E-state index contributed by atoms with van der Waals surface area (Å²) >= 11 is 0. The van der Waals surface area contributed by atoms with Crippen LogP contribution in [0.2, 0.25) is 0 Å². The van der Waals surface area contributed by atoms with Crippen molar-refractivity contribution in [1.82, 2.24) is 0 Å². The van der Waals surface area contributed by atoms with E-state index in [1.54, 1.807) is 0 Å². The zero-order valence-electron chi connectivity index (χ0n) is 10.8. The summed E-state index contributed by atoms with van der Waals surface area (Å²) in [5.41, 5.74) is 16.1. The highest BCUT2D eigenvalue weighted by atomic mass is 15.1. The average Bonchev–Trinajstić information content (AvgIpc) is 2.39. The van der Waals surface area contributed by atoms with Gasteiger partial charge in [0.1, 0.15) is 0 Å². The summed E-state index contributed by atoms with van der Waals surface area (Å²) in [7, 11) is 0. The fraction of sp³-hybridized carbons (Fsp3) is 0.833. The molecule has 0 fully saturated rings. The van der Waals surface area contributed by atoms with Gasteiger partial charge in [-0.05, 0) is 35.1 Å². The van der Waals surface area contributed by atoms with E-state index in [4.69, 9.17) is 11.1 Å². The molecule has 6 nitrogen and oxygen atoms in total. The Balaban J connectivity index is 3.10. The molecule has 0 heterocycles. The van der Waals surface area contributed by atoms with Gasteiger partial charge in [-0.25, -0.2) is 0 Å². The van der Waals surface area contributed by atoms with Crippen molar-refractivity contribution >= 4 is 0 Å². The maximum absolute atomic E-state index is 8.08. The maximum Gasteiger partial charge on any atom is 0.0257 e. The van der Waals surface area contributed by atoms with Gasteiger partial charge in [0.2, 0.25) is 0 Å². The van der Waals surface area contributed by atoms with Gasteiger partial charge in [-0.1, -0.05) is 49.6 Å². The Morgan fingerprint density at radius 2 is 1.39 bits per heavy atom. The molecule has 0 aliphatic carbocycles. The molecular weight excluding hydrogens is 228 g/mol. The molecule has 0 saturated carbocycles. The highest BCUT2D eigenvalue weighted by Gasteiger charge is 1.91. The van der Waals surface area contributed by atoms with Crippen molar-refractivity contribution in [2.45, 2.75) is 57.8 Å². The average molecular weight is 248 g/mol. The van der Waals surface area contributed by atoms with Crippen LogP contribution in [0.1, 0.15) is 57.8 Å². The van der Waals surface area contributed by atoms with Crippen molar-refractivity contribution in [1.29, 1.82) is 0 Å². The summed E-state index contributed by atoms with van der Waals surface area (Å²) in [6.07, 6.45) is 10.2. The van der Waals surface area contributed by atoms with Crippen LogP contribution in [0.4, 0.5) is 0 Å². The number of unbranched alkanes of at least 4 members (excludes halogenated alkanes) is 8. The monoisotopic (exact) mass is 248 g/mol. The van der Waals surface area contributed by atoms with Gasteiger partial charge in [0, 0.05) is 22.8 Å². The Kier molecular flexibility index (Phi) is 13.6. The quantitative estimate of drug-likeness (QED) is 0.169. The van der Waals surface area contributed by atoms with E-state index < -0.39 is 0 Å². The minimum atomic E-state index is 0.625. The van der Waals surface area contributed by atoms with Crippen molar-refractivity contribution in [2.75, 3.05) is 6.54 Å². The zero-order chi connectivity index (χ0) is 13.3. The number of hydrogen-bond acceptors (Lipinski definition) is 2. The van der Waals surface area contributed by atoms with Crippen LogP contribution in [0.25, 0.3) is 20.9 Å². The lowest BCUT2D eigenvalue weighted by Gasteiger charge is -1.99. The largest absolute Gasteiger partial charge is 0.0954 e. The van der Waals surface area contributed by atoms with Crippen LogP contribution < -0.4 is 0 Å². The number of nitrogens with zero attached hydrogens (tertiary/aromatic N) is 6. The highest BCUT2D eigenvalue weighted by molar-refractivity contribution is 4.96. The van der Waals surface area contributed by atoms with Gasteiger partial charge in [-0.2, -0.15) is 0 Å². The number of azide groups is 2.